The first-order chi connectivity index (χ1) is 7.31. The Kier molecular flexibility index (Phi) is 2.96. The number of aromatic amines is 1. The maximum Gasteiger partial charge on any atom is 0.291 e. The fourth-order valence-electron chi connectivity index (χ4n) is 1.83. The van der Waals surface area contributed by atoms with E-state index in [1.807, 2.05) is 11.9 Å². The summed E-state index contributed by atoms with van der Waals surface area (Å²) < 4.78 is 0. The normalized spacial score (nSPS) is 18.1. The molecule has 0 spiro atoms. The molecular formula is C9H15N5O. The number of hydrogen-bond acceptors (Lipinski definition) is 4. The SMILES string of the molecule is CNC1CCN(C(=O)c2ncn[nH]2)CC1. The minimum Gasteiger partial charge on any atom is -0.336 e. The number of H-pyrrole nitrogens is 1. The Bertz CT molecular complexity index is 315. The number of piperidine rings is 1. The Labute approximate surface area is 88.1 Å². The highest BCUT2D eigenvalue weighted by molar-refractivity contribution is 5.90. The minimum atomic E-state index is -0.0537. The number of carbonyl (C=O) groups excluding carboxylic acids is 1. The second kappa shape index (κ2) is 4.39. The molecule has 0 atom stereocenters. The Morgan fingerprint density at radius 1 is 1.60 bits per heavy atom. The lowest BCUT2D eigenvalue weighted by atomic mass is 10.1. The van der Waals surface area contributed by atoms with Crippen molar-refractivity contribution < 1.29 is 4.79 Å². The molecular weight excluding hydrogens is 194 g/mol. The van der Waals surface area contributed by atoms with E-state index in [0.29, 0.717) is 11.9 Å². The summed E-state index contributed by atoms with van der Waals surface area (Å²) in [6, 6.07) is 0.531. The number of nitrogens with one attached hydrogen (secondary N) is 2. The van der Waals surface area contributed by atoms with E-state index in [1.54, 1.807) is 0 Å². The third kappa shape index (κ3) is 2.15. The predicted octanol–water partition coefficient (Wildman–Crippen LogP) is -0.371. The topological polar surface area (TPSA) is 73.9 Å². The van der Waals surface area contributed by atoms with Gasteiger partial charge in [0.15, 0.2) is 0 Å². The molecule has 2 heterocycles. The Morgan fingerprint density at radius 3 is 2.87 bits per heavy atom. The van der Waals surface area contributed by atoms with Crippen molar-refractivity contribution in [1.82, 2.24) is 25.4 Å². The number of hydrogen-bond donors (Lipinski definition) is 2. The van der Waals surface area contributed by atoms with Crippen molar-refractivity contribution >= 4 is 5.91 Å². The fraction of sp³-hybridized carbons (Fsp3) is 0.667. The van der Waals surface area contributed by atoms with Crippen LogP contribution in [0.5, 0.6) is 0 Å². The van der Waals surface area contributed by atoms with Gasteiger partial charge in [-0.2, -0.15) is 5.10 Å². The highest BCUT2D eigenvalue weighted by Crippen LogP contribution is 2.11. The molecule has 1 aliphatic heterocycles. The van der Waals surface area contributed by atoms with E-state index < -0.39 is 0 Å². The smallest absolute Gasteiger partial charge is 0.291 e. The minimum absolute atomic E-state index is 0.0537. The molecule has 1 amide bonds. The second-order valence-corrected chi connectivity index (χ2v) is 3.69. The van der Waals surface area contributed by atoms with Gasteiger partial charge in [0.2, 0.25) is 5.82 Å². The van der Waals surface area contributed by atoms with Gasteiger partial charge in [-0.15, -0.1) is 0 Å². The highest BCUT2D eigenvalue weighted by atomic mass is 16.2. The Hall–Kier alpha value is -1.43. The Morgan fingerprint density at radius 2 is 2.33 bits per heavy atom. The van der Waals surface area contributed by atoms with Gasteiger partial charge in [0.05, 0.1) is 0 Å². The van der Waals surface area contributed by atoms with Gasteiger partial charge in [-0.25, -0.2) is 4.98 Å². The summed E-state index contributed by atoms with van der Waals surface area (Å²) in [7, 11) is 1.96. The monoisotopic (exact) mass is 209 g/mol. The van der Waals surface area contributed by atoms with Crippen LogP contribution in [0.3, 0.4) is 0 Å². The molecule has 15 heavy (non-hydrogen) atoms. The Balaban J connectivity index is 1.93. The van der Waals surface area contributed by atoms with Gasteiger partial charge in [0.1, 0.15) is 6.33 Å². The zero-order chi connectivity index (χ0) is 10.7. The van der Waals surface area contributed by atoms with E-state index in [2.05, 4.69) is 20.5 Å². The first-order valence-corrected chi connectivity index (χ1v) is 5.13. The summed E-state index contributed by atoms with van der Waals surface area (Å²) in [6.07, 6.45) is 3.35. The quantitative estimate of drug-likeness (QED) is 0.697. The summed E-state index contributed by atoms with van der Waals surface area (Å²) in [5.41, 5.74) is 0. The van der Waals surface area contributed by atoms with Crippen molar-refractivity contribution in [2.45, 2.75) is 18.9 Å². The molecule has 1 aromatic rings. The zero-order valence-electron chi connectivity index (χ0n) is 8.73. The first-order valence-electron chi connectivity index (χ1n) is 5.13. The second-order valence-electron chi connectivity index (χ2n) is 3.69. The third-order valence-corrected chi connectivity index (χ3v) is 2.81. The van der Waals surface area contributed by atoms with E-state index in [4.69, 9.17) is 0 Å². The summed E-state index contributed by atoms with van der Waals surface area (Å²) in [6.45, 7) is 1.57. The average Bonchev–Trinajstić information content (AvgIpc) is 2.82. The number of likely N-dealkylation sites (tertiary alicyclic amines) is 1. The molecule has 0 saturated carbocycles. The van der Waals surface area contributed by atoms with Crippen molar-refractivity contribution in [3.8, 4) is 0 Å². The van der Waals surface area contributed by atoms with E-state index >= 15 is 0 Å². The number of rotatable bonds is 2. The average molecular weight is 209 g/mol. The molecule has 6 nitrogen and oxygen atoms in total. The molecule has 0 aromatic carbocycles. The summed E-state index contributed by atoms with van der Waals surface area (Å²) in [5, 5.41) is 9.49. The zero-order valence-corrected chi connectivity index (χ0v) is 8.73. The number of nitrogens with zero attached hydrogens (tertiary/aromatic N) is 3. The number of aromatic nitrogens is 3. The standard InChI is InChI=1S/C9H15N5O/c1-10-7-2-4-14(5-3-7)9(15)8-11-6-12-13-8/h6-7,10H,2-5H2,1H3,(H,11,12,13). The molecule has 1 aromatic heterocycles. The van der Waals surface area contributed by atoms with Gasteiger partial charge >= 0.3 is 0 Å². The van der Waals surface area contributed by atoms with Crippen LogP contribution in [0.4, 0.5) is 0 Å². The van der Waals surface area contributed by atoms with Crippen molar-refractivity contribution in [3.05, 3.63) is 12.2 Å². The molecule has 0 aliphatic carbocycles. The van der Waals surface area contributed by atoms with Crippen molar-refractivity contribution in [3.63, 3.8) is 0 Å². The van der Waals surface area contributed by atoms with Gasteiger partial charge < -0.3 is 10.2 Å². The number of amides is 1. The molecule has 0 radical (unpaired) electrons. The van der Waals surface area contributed by atoms with Crippen molar-refractivity contribution in [1.29, 1.82) is 0 Å². The van der Waals surface area contributed by atoms with E-state index in [1.165, 1.54) is 6.33 Å². The molecule has 1 fully saturated rings. The van der Waals surface area contributed by atoms with Crippen molar-refractivity contribution in [2.24, 2.45) is 0 Å². The maximum absolute atomic E-state index is 11.8. The van der Waals surface area contributed by atoms with Gasteiger partial charge in [0.25, 0.3) is 5.91 Å². The largest absolute Gasteiger partial charge is 0.336 e. The molecule has 1 aliphatic rings. The van der Waals surface area contributed by atoms with Crippen LogP contribution < -0.4 is 5.32 Å². The first kappa shape index (κ1) is 10.1. The van der Waals surface area contributed by atoms with Gasteiger partial charge in [-0.1, -0.05) is 0 Å². The molecule has 6 heteroatoms. The van der Waals surface area contributed by atoms with Gasteiger partial charge in [-0.05, 0) is 19.9 Å². The van der Waals surface area contributed by atoms with Gasteiger partial charge in [-0.3, -0.25) is 9.89 Å². The van der Waals surface area contributed by atoms with Crippen LogP contribution in [-0.4, -0.2) is 52.2 Å². The molecule has 82 valence electrons. The molecule has 0 bridgehead atoms. The van der Waals surface area contributed by atoms with Crippen LogP contribution in [0.2, 0.25) is 0 Å². The number of carbonyl (C=O) groups is 1. The van der Waals surface area contributed by atoms with Crippen molar-refractivity contribution in [2.75, 3.05) is 20.1 Å². The lowest BCUT2D eigenvalue weighted by Crippen LogP contribution is -2.44. The maximum atomic E-state index is 11.8. The summed E-state index contributed by atoms with van der Waals surface area (Å²) in [5.74, 6) is 0.278. The fourth-order valence-corrected chi connectivity index (χ4v) is 1.83. The third-order valence-electron chi connectivity index (χ3n) is 2.81. The molecule has 0 unspecified atom stereocenters. The summed E-state index contributed by atoms with van der Waals surface area (Å²) >= 11 is 0. The van der Waals surface area contributed by atoms with E-state index in [9.17, 15) is 4.79 Å². The summed E-state index contributed by atoms with van der Waals surface area (Å²) in [4.78, 5) is 17.5. The van der Waals surface area contributed by atoms with Crippen LogP contribution in [-0.2, 0) is 0 Å². The lowest BCUT2D eigenvalue weighted by Gasteiger charge is -2.31. The predicted molar refractivity (Wildman–Crippen MR) is 54.4 cm³/mol. The molecule has 1 saturated heterocycles. The molecule has 2 rings (SSSR count). The van der Waals surface area contributed by atoms with E-state index in [0.717, 1.165) is 25.9 Å². The lowest BCUT2D eigenvalue weighted by molar-refractivity contribution is 0.0695. The van der Waals surface area contributed by atoms with Crippen LogP contribution in [0.25, 0.3) is 0 Å². The molecule has 2 N–H and O–H groups in total. The van der Waals surface area contributed by atoms with Gasteiger partial charge in [0, 0.05) is 19.1 Å². The highest BCUT2D eigenvalue weighted by Gasteiger charge is 2.23. The van der Waals surface area contributed by atoms with E-state index in [-0.39, 0.29) is 5.91 Å². The van der Waals surface area contributed by atoms with Crippen LogP contribution >= 0.6 is 0 Å². The van der Waals surface area contributed by atoms with Crippen LogP contribution in [0, 0.1) is 0 Å². The van der Waals surface area contributed by atoms with Crippen LogP contribution in [0.15, 0.2) is 6.33 Å². The van der Waals surface area contributed by atoms with Crippen LogP contribution in [0.1, 0.15) is 23.5 Å².